The number of benzene rings is 1. The minimum absolute atomic E-state index is 0.00979. The van der Waals surface area contributed by atoms with Crippen LogP contribution in [0, 0.1) is 0 Å². The Morgan fingerprint density at radius 2 is 1.96 bits per heavy atom. The van der Waals surface area contributed by atoms with E-state index in [1.165, 1.54) is 17.0 Å². The molecule has 0 aliphatic heterocycles. The summed E-state index contributed by atoms with van der Waals surface area (Å²) in [6, 6.07) is 3.78. The Balaban J connectivity index is 2.82. The lowest BCUT2D eigenvalue weighted by atomic mass is 10.2. The van der Waals surface area contributed by atoms with Gasteiger partial charge in [0.1, 0.15) is 0 Å². The lowest BCUT2D eigenvalue weighted by Gasteiger charge is -2.20. The van der Waals surface area contributed by atoms with Crippen LogP contribution in [0.1, 0.15) is 24.2 Å². The number of halogens is 1. The lowest BCUT2D eigenvalue weighted by Crippen LogP contribution is -2.35. The molecule has 1 aromatic rings. The van der Waals surface area contributed by atoms with Gasteiger partial charge in [-0.05, 0) is 32.0 Å². The SMILES string of the molecule is C=C(C)CN(CC)C(=O)COC(=O)c1ccc(Cl)c(S(C)(=O)=O)c1. The normalized spacial score (nSPS) is 11.0. The van der Waals surface area contributed by atoms with Crippen LogP contribution >= 0.6 is 11.6 Å². The van der Waals surface area contributed by atoms with E-state index in [-0.39, 0.29) is 21.4 Å². The van der Waals surface area contributed by atoms with Crippen LogP contribution in [0.2, 0.25) is 5.02 Å². The molecule has 8 heteroatoms. The van der Waals surface area contributed by atoms with Crippen molar-refractivity contribution < 1.29 is 22.7 Å². The van der Waals surface area contributed by atoms with E-state index < -0.39 is 22.4 Å². The Labute approximate surface area is 147 Å². The predicted octanol–water partition coefficient (Wildman–Crippen LogP) is 2.32. The van der Waals surface area contributed by atoms with Gasteiger partial charge in [-0.25, -0.2) is 13.2 Å². The third kappa shape index (κ3) is 5.65. The van der Waals surface area contributed by atoms with Crippen molar-refractivity contribution in [1.29, 1.82) is 0 Å². The van der Waals surface area contributed by atoms with E-state index in [0.717, 1.165) is 17.9 Å². The van der Waals surface area contributed by atoms with E-state index in [4.69, 9.17) is 16.3 Å². The fourth-order valence-corrected chi connectivity index (χ4v) is 3.22. The Kier molecular flexibility index (Phi) is 6.98. The summed E-state index contributed by atoms with van der Waals surface area (Å²) in [5.74, 6) is -1.15. The van der Waals surface area contributed by atoms with Gasteiger partial charge in [-0.2, -0.15) is 0 Å². The van der Waals surface area contributed by atoms with Gasteiger partial charge in [0, 0.05) is 19.3 Å². The van der Waals surface area contributed by atoms with Crippen molar-refractivity contribution in [3.63, 3.8) is 0 Å². The van der Waals surface area contributed by atoms with E-state index in [0.29, 0.717) is 13.1 Å². The van der Waals surface area contributed by atoms with Crippen molar-refractivity contribution in [2.75, 3.05) is 26.0 Å². The summed E-state index contributed by atoms with van der Waals surface area (Å²) in [4.78, 5) is 25.4. The van der Waals surface area contributed by atoms with Crippen LogP contribution in [0.5, 0.6) is 0 Å². The average molecular weight is 374 g/mol. The molecule has 0 saturated heterocycles. The molecule has 0 N–H and O–H groups in total. The van der Waals surface area contributed by atoms with Crippen LogP contribution in [0.4, 0.5) is 0 Å². The molecule has 0 aromatic heterocycles. The molecule has 1 amide bonds. The fourth-order valence-electron chi connectivity index (χ4n) is 1.92. The molecular weight excluding hydrogens is 354 g/mol. The molecule has 0 aliphatic carbocycles. The lowest BCUT2D eigenvalue weighted by molar-refractivity contribution is -0.133. The van der Waals surface area contributed by atoms with Crippen LogP contribution in [0.15, 0.2) is 35.2 Å². The highest BCUT2D eigenvalue weighted by Gasteiger charge is 2.18. The van der Waals surface area contributed by atoms with Crippen LogP contribution in [-0.2, 0) is 19.4 Å². The van der Waals surface area contributed by atoms with Crippen molar-refractivity contribution in [3.8, 4) is 0 Å². The molecule has 0 aliphatic rings. The number of carbonyl (C=O) groups excluding carboxylic acids is 2. The summed E-state index contributed by atoms with van der Waals surface area (Å²) in [6.07, 6.45) is 0.990. The van der Waals surface area contributed by atoms with E-state index in [2.05, 4.69) is 6.58 Å². The van der Waals surface area contributed by atoms with Crippen molar-refractivity contribution in [2.24, 2.45) is 0 Å². The molecular formula is C16H20ClNO5S. The monoisotopic (exact) mass is 373 g/mol. The second-order valence-corrected chi connectivity index (χ2v) is 7.75. The van der Waals surface area contributed by atoms with Crippen molar-refractivity contribution in [2.45, 2.75) is 18.7 Å². The smallest absolute Gasteiger partial charge is 0.338 e. The number of amides is 1. The van der Waals surface area contributed by atoms with Gasteiger partial charge in [0.05, 0.1) is 15.5 Å². The molecule has 24 heavy (non-hydrogen) atoms. The van der Waals surface area contributed by atoms with Crippen LogP contribution in [0.3, 0.4) is 0 Å². The van der Waals surface area contributed by atoms with Gasteiger partial charge in [0.2, 0.25) is 0 Å². The third-order valence-electron chi connectivity index (χ3n) is 3.09. The summed E-state index contributed by atoms with van der Waals surface area (Å²) in [5, 5.41) is 0.0174. The Morgan fingerprint density at radius 1 is 1.33 bits per heavy atom. The highest BCUT2D eigenvalue weighted by atomic mass is 35.5. The van der Waals surface area contributed by atoms with E-state index in [9.17, 15) is 18.0 Å². The average Bonchev–Trinajstić information content (AvgIpc) is 2.48. The zero-order valence-electron chi connectivity index (χ0n) is 13.8. The number of hydrogen-bond donors (Lipinski definition) is 0. The Bertz CT molecular complexity index is 758. The van der Waals surface area contributed by atoms with Crippen LogP contribution in [-0.4, -0.2) is 51.1 Å². The maximum Gasteiger partial charge on any atom is 0.338 e. The first kappa shape index (κ1) is 20.2. The molecule has 0 spiro atoms. The highest BCUT2D eigenvalue weighted by Crippen LogP contribution is 2.22. The first-order chi connectivity index (χ1) is 11.1. The molecule has 132 valence electrons. The molecule has 0 bridgehead atoms. The van der Waals surface area contributed by atoms with Crippen molar-refractivity contribution in [3.05, 3.63) is 40.9 Å². The topological polar surface area (TPSA) is 80.8 Å². The van der Waals surface area contributed by atoms with Gasteiger partial charge < -0.3 is 9.64 Å². The van der Waals surface area contributed by atoms with Crippen LogP contribution in [0.25, 0.3) is 0 Å². The number of likely N-dealkylation sites (N-methyl/N-ethyl adjacent to an activating group) is 1. The molecule has 1 aromatic carbocycles. The number of sulfone groups is 1. The van der Waals surface area contributed by atoms with Crippen molar-refractivity contribution in [1.82, 2.24) is 4.90 Å². The summed E-state index contributed by atoms with van der Waals surface area (Å²) < 4.78 is 28.2. The first-order valence-corrected chi connectivity index (χ1v) is 9.42. The van der Waals surface area contributed by atoms with Gasteiger partial charge in [0.25, 0.3) is 5.91 Å². The summed E-state index contributed by atoms with van der Waals surface area (Å²) >= 11 is 5.82. The zero-order chi connectivity index (χ0) is 18.5. The summed E-state index contributed by atoms with van der Waals surface area (Å²) in [7, 11) is -3.58. The largest absolute Gasteiger partial charge is 0.452 e. The quantitative estimate of drug-likeness (QED) is 0.541. The number of rotatable bonds is 7. The minimum Gasteiger partial charge on any atom is -0.452 e. The molecule has 1 rings (SSSR count). The fraction of sp³-hybridized carbons (Fsp3) is 0.375. The molecule has 0 radical (unpaired) electrons. The number of nitrogens with zero attached hydrogens (tertiary/aromatic N) is 1. The van der Waals surface area contributed by atoms with Gasteiger partial charge in [-0.15, -0.1) is 0 Å². The number of carbonyl (C=O) groups is 2. The molecule has 0 heterocycles. The third-order valence-corrected chi connectivity index (χ3v) is 4.67. The van der Waals surface area contributed by atoms with E-state index in [1.54, 1.807) is 13.8 Å². The Hall–Kier alpha value is -1.86. The number of hydrogen-bond acceptors (Lipinski definition) is 5. The van der Waals surface area contributed by atoms with Gasteiger partial charge in [-0.3, -0.25) is 4.79 Å². The molecule has 0 fully saturated rings. The molecule has 6 nitrogen and oxygen atoms in total. The minimum atomic E-state index is -3.58. The second kappa shape index (κ2) is 8.30. The Morgan fingerprint density at radius 3 is 2.46 bits per heavy atom. The highest BCUT2D eigenvalue weighted by molar-refractivity contribution is 7.90. The number of ether oxygens (including phenoxy) is 1. The summed E-state index contributed by atoms with van der Waals surface area (Å²) in [6.45, 7) is 7.75. The maximum absolute atomic E-state index is 12.0. The molecule has 0 atom stereocenters. The van der Waals surface area contributed by atoms with Gasteiger partial charge in [0.15, 0.2) is 16.4 Å². The van der Waals surface area contributed by atoms with E-state index >= 15 is 0 Å². The second-order valence-electron chi connectivity index (χ2n) is 5.36. The first-order valence-electron chi connectivity index (χ1n) is 7.15. The van der Waals surface area contributed by atoms with Gasteiger partial charge in [-0.1, -0.05) is 23.8 Å². The predicted molar refractivity (Wildman–Crippen MR) is 91.9 cm³/mol. The zero-order valence-corrected chi connectivity index (χ0v) is 15.4. The van der Waals surface area contributed by atoms with E-state index in [1.807, 2.05) is 0 Å². The molecule has 0 saturated carbocycles. The maximum atomic E-state index is 12.0. The number of esters is 1. The summed E-state index contributed by atoms with van der Waals surface area (Å²) in [5.41, 5.74) is 0.822. The standard InChI is InChI=1S/C16H20ClNO5S/c1-5-18(9-11(2)3)15(19)10-23-16(20)12-6-7-13(17)14(8-12)24(4,21)22/h6-8H,2,5,9-10H2,1,3-4H3. The van der Waals surface area contributed by atoms with Crippen LogP contribution < -0.4 is 0 Å². The van der Waals surface area contributed by atoms with Crippen molar-refractivity contribution >= 4 is 33.3 Å². The molecule has 0 unspecified atom stereocenters. The van der Waals surface area contributed by atoms with Gasteiger partial charge >= 0.3 is 5.97 Å².